The molecule has 0 atom stereocenters. The SMILES string of the molecule is CS(=O)(=O)Nc1cccc(Cl)n1. The zero-order valence-corrected chi connectivity index (χ0v) is 7.85. The van der Waals surface area contributed by atoms with Crippen LogP contribution < -0.4 is 4.72 Å². The minimum absolute atomic E-state index is 0.227. The second-order valence-electron chi connectivity index (χ2n) is 2.22. The largest absolute Gasteiger partial charge is 0.268 e. The van der Waals surface area contributed by atoms with Crippen molar-refractivity contribution in [3.8, 4) is 0 Å². The van der Waals surface area contributed by atoms with Crippen molar-refractivity contribution in [3.05, 3.63) is 23.4 Å². The van der Waals surface area contributed by atoms with Gasteiger partial charge < -0.3 is 0 Å². The molecule has 0 unspecified atom stereocenters. The summed E-state index contributed by atoms with van der Waals surface area (Å²) >= 11 is 5.53. The molecule has 0 fully saturated rings. The summed E-state index contributed by atoms with van der Waals surface area (Å²) in [6, 6.07) is 4.70. The fraction of sp³-hybridized carbons (Fsp3) is 0.167. The fourth-order valence-corrected chi connectivity index (χ4v) is 1.31. The van der Waals surface area contributed by atoms with Gasteiger partial charge in [0.15, 0.2) is 0 Å². The van der Waals surface area contributed by atoms with Gasteiger partial charge in [-0.1, -0.05) is 17.7 Å². The summed E-state index contributed by atoms with van der Waals surface area (Å²) < 4.78 is 23.6. The first-order valence-electron chi connectivity index (χ1n) is 3.08. The van der Waals surface area contributed by atoms with E-state index in [4.69, 9.17) is 11.6 Å². The zero-order valence-electron chi connectivity index (χ0n) is 6.28. The van der Waals surface area contributed by atoms with Crippen molar-refractivity contribution in [1.82, 2.24) is 4.98 Å². The molecule has 1 aromatic heterocycles. The van der Waals surface area contributed by atoms with E-state index >= 15 is 0 Å². The Morgan fingerprint density at radius 3 is 2.67 bits per heavy atom. The van der Waals surface area contributed by atoms with Gasteiger partial charge in [0.05, 0.1) is 6.26 Å². The van der Waals surface area contributed by atoms with Gasteiger partial charge in [0.25, 0.3) is 0 Å². The topological polar surface area (TPSA) is 59.1 Å². The third kappa shape index (κ3) is 3.06. The third-order valence-electron chi connectivity index (χ3n) is 1.01. The molecule has 0 aliphatic carbocycles. The van der Waals surface area contributed by atoms with Crippen molar-refractivity contribution in [2.45, 2.75) is 0 Å². The van der Waals surface area contributed by atoms with Crippen molar-refractivity contribution < 1.29 is 8.42 Å². The molecule has 0 bridgehead atoms. The summed E-state index contributed by atoms with van der Waals surface area (Å²) in [5, 5.41) is 0.253. The highest BCUT2D eigenvalue weighted by molar-refractivity contribution is 7.92. The van der Waals surface area contributed by atoms with Gasteiger partial charge in [-0.25, -0.2) is 13.4 Å². The summed E-state index contributed by atoms with van der Waals surface area (Å²) in [7, 11) is -3.27. The lowest BCUT2D eigenvalue weighted by Gasteiger charge is -2.01. The predicted molar refractivity (Wildman–Crippen MR) is 47.7 cm³/mol. The van der Waals surface area contributed by atoms with Crippen LogP contribution in [-0.4, -0.2) is 19.7 Å². The molecule has 1 rings (SSSR count). The van der Waals surface area contributed by atoms with Gasteiger partial charge in [0, 0.05) is 0 Å². The number of hydrogen-bond donors (Lipinski definition) is 1. The summed E-state index contributed by atoms with van der Waals surface area (Å²) in [4.78, 5) is 3.73. The average Bonchev–Trinajstić information content (AvgIpc) is 1.82. The smallest absolute Gasteiger partial charge is 0.230 e. The van der Waals surface area contributed by atoms with E-state index in [9.17, 15) is 8.42 Å². The van der Waals surface area contributed by atoms with Crippen molar-refractivity contribution in [2.24, 2.45) is 0 Å². The predicted octanol–water partition coefficient (Wildman–Crippen LogP) is 1.11. The molecule has 0 saturated heterocycles. The molecule has 0 saturated carbocycles. The molecule has 12 heavy (non-hydrogen) atoms. The Morgan fingerprint density at radius 1 is 1.50 bits per heavy atom. The van der Waals surface area contributed by atoms with Crippen LogP contribution in [0.25, 0.3) is 0 Å². The molecule has 1 heterocycles. The lowest BCUT2D eigenvalue weighted by atomic mass is 10.5. The molecule has 4 nitrogen and oxygen atoms in total. The first kappa shape index (κ1) is 9.28. The van der Waals surface area contributed by atoms with E-state index in [0.717, 1.165) is 6.26 Å². The van der Waals surface area contributed by atoms with Gasteiger partial charge in [-0.05, 0) is 12.1 Å². The quantitative estimate of drug-likeness (QED) is 0.738. The van der Waals surface area contributed by atoms with E-state index in [1.54, 1.807) is 12.1 Å². The van der Waals surface area contributed by atoms with Crippen LogP contribution in [-0.2, 0) is 10.0 Å². The van der Waals surface area contributed by atoms with E-state index < -0.39 is 10.0 Å². The molecular weight excluding hydrogens is 200 g/mol. The van der Waals surface area contributed by atoms with E-state index in [1.165, 1.54) is 6.07 Å². The molecule has 0 amide bonds. The van der Waals surface area contributed by atoms with Crippen molar-refractivity contribution in [3.63, 3.8) is 0 Å². The molecule has 0 aromatic carbocycles. The molecule has 0 aliphatic heterocycles. The fourth-order valence-electron chi connectivity index (χ4n) is 0.655. The maximum atomic E-state index is 10.7. The minimum Gasteiger partial charge on any atom is -0.268 e. The van der Waals surface area contributed by atoms with Gasteiger partial charge in [-0.3, -0.25) is 4.72 Å². The number of anilines is 1. The molecule has 6 heteroatoms. The molecule has 66 valence electrons. The normalized spacial score (nSPS) is 11.2. The second-order valence-corrected chi connectivity index (χ2v) is 4.36. The van der Waals surface area contributed by atoms with Gasteiger partial charge in [-0.15, -0.1) is 0 Å². The molecule has 0 aliphatic rings. The number of pyridine rings is 1. The van der Waals surface area contributed by atoms with Crippen LogP contribution in [0, 0.1) is 0 Å². The van der Waals surface area contributed by atoms with Crippen LogP contribution >= 0.6 is 11.6 Å². The Bertz CT molecular complexity index is 377. The molecular formula is C6H7ClN2O2S. The van der Waals surface area contributed by atoms with Gasteiger partial charge in [0.1, 0.15) is 11.0 Å². The third-order valence-corrected chi connectivity index (χ3v) is 1.80. The first-order chi connectivity index (χ1) is 5.47. The second kappa shape index (κ2) is 3.28. The van der Waals surface area contributed by atoms with E-state index in [1.807, 2.05) is 0 Å². The van der Waals surface area contributed by atoms with Crippen LogP contribution in [0.5, 0.6) is 0 Å². The number of hydrogen-bond acceptors (Lipinski definition) is 3. The zero-order chi connectivity index (χ0) is 9.19. The molecule has 0 radical (unpaired) electrons. The average molecular weight is 207 g/mol. The Labute approximate surface area is 75.6 Å². The molecule has 1 aromatic rings. The van der Waals surface area contributed by atoms with Crippen molar-refractivity contribution in [2.75, 3.05) is 11.0 Å². The molecule has 1 N–H and O–H groups in total. The number of nitrogens with one attached hydrogen (secondary N) is 1. The number of nitrogens with zero attached hydrogens (tertiary/aromatic N) is 1. The van der Waals surface area contributed by atoms with Crippen LogP contribution in [0.15, 0.2) is 18.2 Å². The van der Waals surface area contributed by atoms with Gasteiger partial charge >= 0.3 is 0 Å². The summed E-state index contributed by atoms with van der Waals surface area (Å²) in [5.74, 6) is 0.227. The van der Waals surface area contributed by atoms with Gasteiger partial charge in [-0.2, -0.15) is 0 Å². The van der Waals surface area contributed by atoms with Crippen LogP contribution in [0.2, 0.25) is 5.15 Å². The highest BCUT2D eigenvalue weighted by Gasteiger charge is 2.01. The maximum absolute atomic E-state index is 10.7. The number of rotatable bonds is 2. The Balaban J connectivity index is 2.91. The van der Waals surface area contributed by atoms with Crippen LogP contribution in [0.3, 0.4) is 0 Å². The summed E-state index contributed by atoms with van der Waals surface area (Å²) in [6.45, 7) is 0. The highest BCUT2D eigenvalue weighted by atomic mass is 35.5. The standard InChI is InChI=1S/C6H7ClN2O2S/c1-12(10,11)9-6-4-2-3-5(7)8-6/h2-4H,1H3,(H,8,9). The Hall–Kier alpha value is -0.810. The molecule has 0 spiro atoms. The van der Waals surface area contributed by atoms with Crippen LogP contribution in [0.1, 0.15) is 0 Å². The number of aromatic nitrogens is 1. The number of halogens is 1. The first-order valence-corrected chi connectivity index (χ1v) is 5.35. The van der Waals surface area contributed by atoms with E-state index in [-0.39, 0.29) is 11.0 Å². The number of sulfonamides is 1. The van der Waals surface area contributed by atoms with Crippen molar-refractivity contribution in [1.29, 1.82) is 0 Å². The van der Waals surface area contributed by atoms with E-state index in [2.05, 4.69) is 9.71 Å². The Kier molecular flexibility index (Phi) is 2.54. The lowest BCUT2D eigenvalue weighted by Crippen LogP contribution is -2.10. The lowest BCUT2D eigenvalue weighted by molar-refractivity contribution is 0.606. The maximum Gasteiger partial charge on any atom is 0.230 e. The van der Waals surface area contributed by atoms with Gasteiger partial charge in [0.2, 0.25) is 10.0 Å². The Morgan fingerprint density at radius 2 is 2.17 bits per heavy atom. The highest BCUT2D eigenvalue weighted by Crippen LogP contribution is 2.09. The summed E-state index contributed by atoms with van der Waals surface area (Å²) in [5.41, 5.74) is 0. The monoisotopic (exact) mass is 206 g/mol. The summed E-state index contributed by atoms with van der Waals surface area (Å²) in [6.07, 6.45) is 1.05. The van der Waals surface area contributed by atoms with E-state index in [0.29, 0.717) is 0 Å². The van der Waals surface area contributed by atoms with Crippen LogP contribution in [0.4, 0.5) is 5.82 Å². The minimum atomic E-state index is -3.27. The van der Waals surface area contributed by atoms with Crippen molar-refractivity contribution >= 4 is 27.4 Å².